The quantitative estimate of drug-likeness (QED) is 0.609. The van der Waals surface area contributed by atoms with Crippen LogP contribution in [0, 0.1) is 5.92 Å². The van der Waals surface area contributed by atoms with Crippen molar-refractivity contribution in [2.45, 2.75) is 13.8 Å². The number of nitrogens with one attached hydrogen (secondary N) is 3. The summed E-state index contributed by atoms with van der Waals surface area (Å²) >= 11 is 0. The Labute approximate surface area is 164 Å². The summed E-state index contributed by atoms with van der Waals surface area (Å²) in [4.78, 5) is 36.5. The Bertz CT molecular complexity index is 849. The van der Waals surface area contributed by atoms with Gasteiger partial charge in [-0.3, -0.25) is 9.59 Å². The molecule has 2 aromatic rings. The minimum atomic E-state index is -0.490. The first-order valence-electron chi connectivity index (χ1n) is 9.00. The summed E-state index contributed by atoms with van der Waals surface area (Å²) in [6, 6.07) is 13.6. The van der Waals surface area contributed by atoms with Crippen LogP contribution in [-0.2, 0) is 9.53 Å². The summed E-state index contributed by atoms with van der Waals surface area (Å²) < 4.78 is 4.74. The highest BCUT2D eigenvalue weighted by atomic mass is 16.5. The van der Waals surface area contributed by atoms with Crippen molar-refractivity contribution in [3.8, 4) is 0 Å². The zero-order valence-electron chi connectivity index (χ0n) is 16.2. The zero-order valence-corrected chi connectivity index (χ0v) is 16.2. The van der Waals surface area contributed by atoms with Gasteiger partial charge in [-0.1, -0.05) is 38.1 Å². The average molecular weight is 383 g/mol. The lowest BCUT2D eigenvalue weighted by molar-refractivity contribution is -0.114. The third kappa shape index (κ3) is 5.84. The number of benzene rings is 2. The molecule has 2 rings (SSSR count). The molecule has 0 spiro atoms. The summed E-state index contributed by atoms with van der Waals surface area (Å²) in [6.07, 6.45) is 0. The van der Waals surface area contributed by atoms with Gasteiger partial charge in [0.25, 0.3) is 5.91 Å². The summed E-state index contributed by atoms with van der Waals surface area (Å²) in [5.74, 6) is -0.752. The number of methoxy groups -OCH3 is 1. The lowest BCUT2D eigenvalue weighted by atomic mass is 10.1. The highest BCUT2D eigenvalue weighted by Gasteiger charge is 2.15. The lowest BCUT2D eigenvalue weighted by Crippen LogP contribution is -2.29. The normalized spacial score (nSPS) is 10.3. The van der Waals surface area contributed by atoms with Crippen molar-refractivity contribution in [2.24, 2.45) is 5.92 Å². The molecule has 7 nitrogen and oxygen atoms in total. The smallest absolute Gasteiger partial charge is 0.339 e. The number of rotatable bonds is 8. The van der Waals surface area contributed by atoms with E-state index in [1.165, 1.54) is 7.11 Å². The van der Waals surface area contributed by atoms with Gasteiger partial charge in [0, 0.05) is 12.2 Å². The molecular formula is C21H25N3O4. The van der Waals surface area contributed by atoms with E-state index in [1.807, 2.05) is 13.8 Å². The Morgan fingerprint density at radius 1 is 0.929 bits per heavy atom. The first-order valence-corrected chi connectivity index (χ1v) is 9.00. The maximum Gasteiger partial charge on any atom is 0.339 e. The van der Waals surface area contributed by atoms with Gasteiger partial charge in [0.2, 0.25) is 5.91 Å². The standard InChI is InChI=1S/C21H25N3O4/c1-14(2)12-23-20(26)15-8-4-7-11-18(15)24-19(25)13-22-17-10-6-5-9-16(17)21(27)28-3/h4-11,14,22H,12-13H2,1-3H3,(H,23,26)(H,24,25). The largest absolute Gasteiger partial charge is 0.465 e. The molecule has 0 aromatic heterocycles. The van der Waals surface area contributed by atoms with E-state index < -0.39 is 5.97 Å². The molecule has 0 atom stereocenters. The van der Waals surface area contributed by atoms with E-state index in [2.05, 4.69) is 16.0 Å². The predicted molar refractivity (Wildman–Crippen MR) is 109 cm³/mol. The minimum Gasteiger partial charge on any atom is -0.465 e. The van der Waals surface area contributed by atoms with Crippen molar-refractivity contribution >= 4 is 29.2 Å². The number of esters is 1. The lowest BCUT2D eigenvalue weighted by Gasteiger charge is -2.14. The molecule has 0 unspecified atom stereocenters. The van der Waals surface area contributed by atoms with Gasteiger partial charge in [0.1, 0.15) is 0 Å². The van der Waals surface area contributed by atoms with Crippen molar-refractivity contribution in [1.82, 2.24) is 5.32 Å². The van der Waals surface area contributed by atoms with Crippen molar-refractivity contribution in [3.63, 3.8) is 0 Å². The second kappa shape index (κ2) is 10.1. The van der Waals surface area contributed by atoms with Gasteiger partial charge in [-0.05, 0) is 30.2 Å². The van der Waals surface area contributed by atoms with Gasteiger partial charge < -0.3 is 20.7 Å². The Kier molecular flexibility index (Phi) is 7.56. The van der Waals surface area contributed by atoms with Crippen LogP contribution >= 0.6 is 0 Å². The third-order valence-electron chi connectivity index (χ3n) is 3.89. The molecule has 0 aliphatic heterocycles. The monoisotopic (exact) mass is 383 g/mol. The molecule has 7 heteroatoms. The molecule has 0 saturated heterocycles. The number of carbonyl (C=O) groups is 3. The fraction of sp³-hybridized carbons (Fsp3) is 0.286. The molecule has 2 aromatic carbocycles. The van der Waals surface area contributed by atoms with Crippen LogP contribution < -0.4 is 16.0 Å². The van der Waals surface area contributed by atoms with Gasteiger partial charge in [-0.2, -0.15) is 0 Å². The van der Waals surface area contributed by atoms with E-state index in [-0.39, 0.29) is 18.4 Å². The molecule has 0 fully saturated rings. The zero-order chi connectivity index (χ0) is 20.5. The molecule has 0 aliphatic rings. The fourth-order valence-corrected chi connectivity index (χ4v) is 2.48. The summed E-state index contributed by atoms with van der Waals surface area (Å²) in [6.45, 7) is 4.49. The van der Waals surface area contributed by atoms with Crippen molar-refractivity contribution in [3.05, 3.63) is 59.7 Å². The number of anilines is 2. The average Bonchev–Trinajstić information content (AvgIpc) is 2.70. The predicted octanol–water partition coefficient (Wildman–Crippen LogP) is 2.91. The molecular weight excluding hydrogens is 358 g/mol. The summed E-state index contributed by atoms with van der Waals surface area (Å²) in [7, 11) is 1.30. The molecule has 0 saturated carbocycles. The van der Waals surface area contributed by atoms with Crippen LogP contribution in [0.25, 0.3) is 0 Å². The van der Waals surface area contributed by atoms with Gasteiger partial charge in [-0.15, -0.1) is 0 Å². The highest BCUT2D eigenvalue weighted by molar-refractivity contribution is 6.04. The third-order valence-corrected chi connectivity index (χ3v) is 3.89. The second-order valence-electron chi connectivity index (χ2n) is 6.59. The number of amides is 2. The van der Waals surface area contributed by atoms with Crippen molar-refractivity contribution < 1.29 is 19.1 Å². The van der Waals surface area contributed by atoms with Crippen LogP contribution in [0.2, 0.25) is 0 Å². The maximum absolute atomic E-state index is 12.4. The van der Waals surface area contributed by atoms with Gasteiger partial charge >= 0.3 is 5.97 Å². The second-order valence-corrected chi connectivity index (χ2v) is 6.59. The maximum atomic E-state index is 12.4. The topological polar surface area (TPSA) is 96.5 Å². The Balaban J connectivity index is 2.03. The molecule has 0 bridgehead atoms. The Morgan fingerprint density at radius 2 is 1.54 bits per heavy atom. The summed E-state index contributed by atoms with van der Waals surface area (Å²) in [5.41, 5.74) is 1.65. The van der Waals surface area contributed by atoms with Crippen LogP contribution in [0.1, 0.15) is 34.6 Å². The molecule has 28 heavy (non-hydrogen) atoms. The van der Waals surface area contributed by atoms with Crippen molar-refractivity contribution in [2.75, 3.05) is 30.8 Å². The first kappa shape index (κ1) is 21.0. The summed E-state index contributed by atoms with van der Waals surface area (Å²) in [5, 5.41) is 8.50. The van der Waals surface area contributed by atoms with Gasteiger partial charge in [-0.25, -0.2) is 4.79 Å². The van der Waals surface area contributed by atoms with Crippen LogP contribution in [0.5, 0.6) is 0 Å². The fourth-order valence-electron chi connectivity index (χ4n) is 2.48. The SMILES string of the molecule is COC(=O)c1ccccc1NCC(=O)Nc1ccccc1C(=O)NCC(C)C. The van der Waals surface area contributed by atoms with Crippen LogP contribution in [-0.4, -0.2) is 38.0 Å². The van der Waals surface area contributed by atoms with E-state index in [0.29, 0.717) is 35.0 Å². The number of hydrogen-bond donors (Lipinski definition) is 3. The van der Waals surface area contributed by atoms with E-state index in [4.69, 9.17) is 4.74 Å². The number of hydrogen-bond acceptors (Lipinski definition) is 5. The number of ether oxygens (including phenoxy) is 1. The molecule has 148 valence electrons. The van der Waals surface area contributed by atoms with Crippen molar-refractivity contribution in [1.29, 1.82) is 0 Å². The van der Waals surface area contributed by atoms with Crippen LogP contribution in [0.4, 0.5) is 11.4 Å². The number of para-hydroxylation sites is 2. The van der Waals surface area contributed by atoms with Crippen LogP contribution in [0.3, 0.4) is 0 Å². The van der Waals surface area contributed by atoms with E-state index in [1.54, 1.807) is 48.5 Å². The molecule has 0 aliphatic carbocycles. The molecule has 2 amide bonds. The molecule has 0 heterocycles. The first-order chi connectivity index (χ1) is 13.4. The minimum absolute atomic E-state index is 0.0735. The molecule has 0 radical (unpaired) electrons. The Morgan fingerprint density at radius 3 is 2.18 bits per heavy atom. The van der Waals surface area contributed by atoms with E-state index >= 15 is 0 Å². The van der Waals surface area contributed by atoms with E-state index in [9.17, 15) is 14.4 Å². The van der Waals surface area contributed by atoms with Crippen LogP contribution in [0.15, 0.2) is 48.5 Å². The molecule has 3 N–H and O–H groups in total. The van der Waals surface area contributed by atoms with Gasteiger partial charge in [0.15, 0.2) is 0 Å². The number of carbonyl (C=O) groups excluding carboxylic acids is 3. The Hall–Kier alpha value is -3.35. The highest BCUT2D eigenvalue weighted by Crippen LogP contribution is 2.17. The van der Waals surface area contributed by atoms with E-state index in [0.717, 1.165) is 0 Å². The van der Waals surface area contributed by atoms with Gasteiger partial charge in [0.05, 0.1) is 30.5 Å².